The molecule has 0 saturated carbocycles. The molecule has 3 rings (SSSR count). The van der Waals surface area contributed by atoms with E-state index in [2.05, 4.69) is 15.0 Å². The third kappa shape index (κ3) is 3.64. The van der Waals surface area contributed by atoms with Gasteiger partial charge in [0.2, 0.25) is 0 Å². The minimum absolute atomic E-state index is 0.165. The molecule has 2 heterocycles. The monoisotopic (exact) mass is 361 g/mol. The Morgan fingerprint density at radius 3 is 2.76 bits per heavy atom. The molecule has 0 spiro atoms. The van der Waals surface area contributed by atoms with Crippen LogP contribution in [0.15, 0.2) is 35.6 Å². The number of rotatable bonds is 7. The molecule has 0 amide bonds. The molecule has 132 valence electrons. The Balaban J connectivity index is 1.86. The van der Waals surface area contributed by atoms with Gasteiger partial charge in [0, 0.05) is 29.5 Å². The number of imidazole rings is 1. The predicted octanol–water partition coefficient (Wildman–Crippen LogP) is 2.68. The normalized spacial score (nSPS) is 12.2. The Morgan fingerprint density at radius 1 is 1.20 bits per heavy atom. The molecule has 0 saturated heterocycles. The van der Waals surface area contributed by atoms with Crippen molar-refractivity contribution in [1.82, 2.24) is 15.0 Å². The van der Waals surface area contributed by atoms with E-state index in [0.717, 1.165) is 11.3 Å². The van der Waals surface area contributed by atoms with Gasteiger partial charge >= 0.3 is 5.16 Å². The number of benzene rings is 1. The van der Waals surface area contributed by atoms with E-state index >= 15 is 0 Å². The number of hydrogen-bond donors (Lipinski definition) is 1. The smallest absolute Gasteiger partial charge is 0.322 e. The molecule has 3 aromatic rings. The Morgan fingerprint density at radius 2 is 2.04 bits per heavy atom. The molecule has 0 aliphatic heterocycles. The van der Waals surface area contributed by atoms with Crippen molar-refractivity contribution in [2.75, 3.05) is 20.8 Å². The van der Waals surface area contributed by atoms with E-state index in [9.17, 15) is 4.55 Å². The van der Waals surface area contributed by atoms with Crippen LogP contribution in [0, 0.1) is 0 Å². The minimum Gasteiger partial charge on any atom is -0.609 e. The zero-order valence-electron chi connectivity index (χ0n) is 14.2. The first-order valence-corrected chi connectivity index (χ1v) is 9.05. The molecular formula is C17H19N3O4S. The Labute approximate surface area is 148 Å². The number of fused-ring (bicyclic) bond motifs is 1. The van der Waals surface area contributed by atoms with Crippen LogP contribution in [0.5, 0.6) is 17.2 Å². The molecule has 1 N–H and O–H groups in total. The van der Waals surface area contributed by atoms with Gasteiger partial charge in [-0.3, -0.25) is 9.97 Å². The summed E-state index contributed by atoms with van der Waals surface area (Å²) in [7, 11) is 3.08. The highest BCUT2D eigenvalue weighted by Gasteiger charge is 2.22. The van der Waals surface area contributed by atoms with Crippen molar-refractivity contribution in [3.63, 3.8) is 0 Å². The lowest BCUT2D eigenvalue weighted by Crippen LogP contribution is -2.10. The van der Waals surface area contributed by atoms with Gasteiger partial charge in [-0.15, -0.1) is 0 Å². The molecule has 1 unspecified atom stereocenters. The molecule has 0 radical (unpaired) electrons. The third-order valence-corrected chi connectivity index (χ3v) is 4.75. The lowest BCUT2D eigenvalue weighted by atomic mass is 10.3. The number of H-pyrrole nitrogens is 1. The van der Waals surface area contributed by atoms with Crippen LogP contribution >= 0.6 is 0 Å². The van der Waals surface area contributed by atoms with Crippen molar-refractivity contribution >= 4 is 22.2 Å². The maximum Gasteiger partial charge on any atom is 0.322 e. The lowest BCUT2D eigenvalue weighted by molar-refractivity contribution is 0.340. The van der Waals surface area contributed by atoms with E-state index < -0.39 is 11.2 Å². The van der Waals surface area contributed by atoms with E-state index in [4.69, 9.17) is 14.2 Å². The number of ether oxygens (including phenoxy) is 3. The Hall–Kier alpha value is -2.45. The zero-order chi connectivity index (χ0) is 17.8. The number of aromatic amines is 1. The molecule has 25 heavy (non-hydrogen) atoms. The fraction of sp³-hybridized carbons (Fsp3) is 0.294. The molecule has 2 aromatic heterocycles. The first-order chi connectivity index (χ1) is 12.2. The van der Waals surface area contributed by atoms with Crippen molar-refractivity contribution in [2.45, 2.75) is 17.8 Å². The number of hydrogen-bond acceptors (Lipinski definition) is 6. The Bertz CT molecular complexity index is 868. The topological polar surface area (TPSA) is 92.3 Å². The molecule has 8 heteroatoms. The van der Waals surface area contributed by atoms with E-state index in [1.54, 1.807) is 19.4 Å². The summed E-state index contributed by atoms with van der Waals surface area (Å²) in [5, 5.41) is 0.385. The quantitative estimate of drug-likeness (QED) is 0.651. The van der Waals surface area contributed by atoms with Crippen LogP contribution in [-0.2, 0) is 16.9 Å². The van der Waals surface area contributed by atoms with Crippen LogP contribution in [-0.4, -0.2) is 40.3 Å². The first-order valence-electron chi connectivity index (χ1n) is 7.73. The standard InChI is InChI=1S/C17H19N3O4S/c1-4-24-11-5-6-12-13(9-11)20-17(19-12)25(21)10-14-16(23-3)15(22-2)7-8-18-14/h5-9H,4,10H2,1-3H3,(H,19,20). The second kappa shape index (κ2) is 7.62. The van der Waals surface area contributed by atoms with E-state index in [-0.39, 0.29) is 5.75 Å². The molecular weight excluding hydrogens is 342 g/mol. The SMILES string of the molecule is CCOc1ccc2[nH]c([S+]([O-])Cc3nccc(OC)c3OC)nc2c1. The second-order valence-corrected chi connectivity index (χ2v) is 6.50. The highest BCUT2D eigenvalue weighted by atomic mass is 32.2. The molecule has 0 bridgehead atoms. The van der Waals surface area contributed by atoms with Gasteiger partial charge in [0.25, 0.3) is 0 Å². The van der Waals surface area contributed by atoms with Gasteiger partial charge in [0.1, 0.15) is 11.4 Å². The number of nitrogens with one attached hydrogen (secondary N) is 1. The van der Waals surface area contributed by atoms with E-state index in [0.29, 0.717) is 34.5 Å². The van der Waals surface area contributed by atoms with Gasteiger partial charge in [-0.2, -0.15) is 4.98 Å². The van der Waals surface area contributed by atoms with Crippen molar-refractivity contribution in [2.24, 2.45) is 0 Å². The fourth-order valence-corrected chi connectivity index (χ4v) is 3.49. The first kappa shape index (κ1) is 17.4. The molecule has 0 fully saturated rings. The van der Waals surface area contributed by atoms with Gasteiger partial charge < -0.3 is 18.8 Å². The Kier molecular flexibility index (Phi) is 5.30. The lowest BCUT2D eigenvalue weighted by Gasteiger charge is -2.12. The summed E-state index contributed by atoms with van der Waals surface area (Å²) in [6.07, 6.45) is 1.60. The molecule has 7 nitrogen and oxygen atoms in total. The third-order valence-electron chi connectivity index (χ3n) is 3.59. The van der Waals surface area contributed by atoms with Gasteiger partial charge in [0.15, 0.2) is 17.3 Å². The zero-order valence-corrected chi connectivity index (χ0v) is 15.1. The van der Waals surface area contributed by atoms with Crippen LogP contribution in [0.4, 0.5) is 0 Å². The summed E-state index contributed by atoms with van der Waals surface area (Å²) < 4.78 is 28.8. The maximum atomic E-state index is 12.7. The summed E-state index contributed by atoms with van der Waals surface area (Å²) in [6.45, 7) is 2.50. The van der Waals surface area contributed by atoms with E-state index in [1.165, 1.54) is 7.11 Å². The molecule has 0 aliphatic rings. The van der Waals surface area contributed by atoms with Crippen molar-refractivity contribution in [3.05, 3.63) is 36.2 Å². The van der Waals surface area contributed by atoms with Crippen molar-refractivity contribution < 1.29 is 18.8 Å². The van der Waals surface area contributed by atoms with E-state index in [1.807, 2.05) is 25.1 Å². The van der Waals surface area contributed by atoms with Crippen molar-refractivity contribution in [1.29, 1.82) is 0 Å². The van der Waals surface area contributed by atoms with Crippen LogP contribution < -0.4 is 14.2 Å². The number of methoxy groups -OCH3 is 2. The number of pyridine rings is 1. The van der Waals surface area contributed by atoms with Crippen LogP contribution in [0.25, 0.3) is 11.0 Å². The van der Waals surface area contributed by atoms with Gasteiger partial charge in [-0.05, 0) is 19.1 Å². The maximum absolute atomic E-state index is 12.7. The second-order valence-electron chi connectivity index (χ2n) is 5.14. The van der Waals surface area contributed by atoms with Crippen LogP contribution in [0.3, 0.4) is 0 Å². The van der Waals surface area contributed by atoms with Gasteiger partial charge in [0.05, 0.1) is 31.9 Å². The fourth-order valence-electron chi connectivity index (χ4n) is 2.47. The van der Waals surface area contributed by atoms with Gasteiger partial charge in [-0.1, -0.05) is 0 Å². The summed E-state index contributed by atoms with van der Waals surface area (Å²) in [5.74, 6) is 1.93. The van der Waals surface area contributed by atoms with Gasteiger partial charge in [-0.25, -0.2) is 0 Å². The number of aromatic nitrogens is 3. The highest BCUT2D eigenvalue weighted by molar-refractivity contribution is 7.90. The van der Waals surface area contributed by atoms with Crippen LogP contribution in [0.1, 0.15) is 12.6 Å². The molecule has 1 aromatic carbocycles. The predicted molar refractivity (Wildman–Crippen MR) is 94.7 cm³/mol. The van der Waals surface area contributed by atoms with Crippen molar-refractivity contribution in [3.8, 4) is 17.2 Å². The molecule has 0 aliphatic carbocycles. The summed E-state index contributed by atoms with van der Waals surface area (Å²) >= 11 is -1.41. The molecule has 1 atom stereocenters. The highest BCUT2D eigenvalue weighted by Crippen LogP contribution is 2.31. The summed E-state index contributed by atoms with van der Waals surface area (Å²) in [6, 6.07) is 7.23. The largest absolute Gasteiger partial charge is 0.609 e. The summed E-state index contributed by atoms with van der Waals surface area (Å²) in [4.78, 5) is 11.8. The van der Waals surface area contributed by atoms with Crippen LogP contribution in [0.2, 0.25) is 0 Å². The average Bonchev–Trinajstić information content (AvgIpc) is 3.05. The number of nitrogens with zero attached hydrogens (tertiary/aromatic N) is 2. The minimum atomic E-state index is -1.41. The summed E-state index contributed by atoms with van der Waals surface area (Å²) in [5.41, 5.74) is 2.06. The average molecular weight is 361 g/mol.